The molecule has 2 amide bonds. The van der Waals surface area contributed by atoms with Crippen LogP contribution in [0.5, 0.6) is 11.5 Å². The first-order valence-electron chi connectivity index (χ1n) is 10.9. The fourth-order valence-electron chi connectivity index (χ4n) is 3.95. The maximum Gasteiger partial charge on any atom is 0.389 e. The molecule has 1 unspecified atom stereocenters. The minimum Gasteiger partial charge on any atom is -0.457 e. The molecule has 1 aliphatic rings. The maximum absolute atomic E-state index is 13.2. The van der Waals surface area contributed by atoms with Gasteiger partial charge >= 0.3 is 6.18 Å². The Morgan fingerprint density at radius 3 is 2.38 bits per heavy atom. The number of halogens is 3. The van der Waals surface area contributed by atoms with E-state index in [9.17, 15) is 22.8 Å². The number of amides is 2. The number of hydrogen-bond donors (Lipinski definition) is 1. The molecular weight excluding hydrogens is 445 g/mol. The van der Waals surface area contributed by atoms with Crippen LogP contribution in [0.15, 0.2) is 78.9 Å². The van der Waals surface area contributed by atoms with E-state index in [1.165, 1.54) is 4.90 Å². The summed E-state index contributed by atoms with van der Waals surface area (Å²) in [5, 5.41) is 2.56. The molecule has 0 bridgehead atoms. The molecule has 1 aliphatic heterocycles. The van der Waals surface area contributed by atoms with Crippen LogP contribution in [-0.2, 0) is 11.3 Å². The zero-order chi connectivity index (χ0) is 24.1. The normalized spacial score (nSPS) is 15.2. The number of carbonyl (C=O) groups excluding carboxylic acids is 2. The Morgan fingerprint density at radius 2 is 1.62 bits per heavy atom. The molecule has 0 spiro atoms. The number of nitrogens with one attached hydrogen (secondary N) is 1. The minimum absolute atomic E-state index is 0.0944. The summed E-state index contributed by atoms with van der Waals surface area (Å²) in [6.07, 6.45) is -5.50. The van der Waals surface area contributed by atoms with E-state index >= 15 is 0 Å². The number of hydrogen-bond acceptors (Lipinski definition) is 3. The zero-order valence-electron chi connectivity index (χ0n) is 18.2. The second kappa shape index (κ2) is 9.99. The van der Waals surface area contributed by atoms with Crippen molar-refractivity contribution in [3.05, 3.63) is 95.6 Å². The molecule has 0 fully saturated rings. The van der Waals surface area contributed by atoms with Gasteiger partial charge in [0.25, 0.3) is 5.91 Å². The molecule has 176 valence electrons. The van der Waals surface area contributed by atoms with Crippen molar-refractivity contribution >= 4 is 11.8 Å². The molecule has 0 aromatic heterocycles. The molecule has 3 aromatic carbocycles. The highest BCUT2D eigenvalue weighted by atomic mass is 19.4. The second-order valence-corrected chi connectivity index (χ2v) is 7.96. The average molecular weight is 468 g/mol. The van der Waals surface area contributed by atoms with Crippen LogP contribution in [-0.4, -0.2) is 29.4 Å². The van der Waals surface area contributed by atoms with Gasteiger partial charge < -0.3 is 15.0 Å². The van der Waals surface area contributed by atoms with Crippen LogP contribution in [0.1, 0.15) is 40.4 Å². The fourth-order valence-corrected chi connectivity index (χ4v) is 3.95. The van der Waals surface area contributed by atoms with Crippen LogP contribution in [0.2, 0.25) is 0 Å². The lowest BCUT2D eigenvalue weighted by Gasteiger charge is -2.25. The van der Waals surface area contributed by atoms with Crippen molar-refractivity contribution in [3.8, 4) is 11.5 Å². The quantitative estimate of drug-likeness (QED) is 0.436. The Hall–Kier alpha value is -3.81. The third-order valence-electron chi connectivity index (χ3n) is 5.53. The number of para-hydroxylation sites is 2. The Bertz CT molecular complexity index is 1170. The zero-order valence-corrected chi connectivity index (χ0v) is 18.2. The molecule has 0 aliphatic carbocycles. The van der Waals surface area contributed by atoms with Crippen molar-refractivity contribution in [2.75, 3.05) is 6.54 Å². The monoisotopic (exact) mass is 468 g/mol. The SMILES string of the molecule is O=C(NCCCC(F)(F)F)C1c2ccccc2C(=O)N1Cc1ccccc1Oc1ccccc1. The van der Waals surface area contributed by atoms with Gasteiger partial charge in [0, 0.05) is 24.1 Å². The van der Waals surface area contributed by atoms with Gasteiger partial charge in [-0.25, -0.2) is 0 Å². The van der Waals surface area contributed by atoms with E-state index in [-0.39, 0.29) is 25.4 Å². The molecule has 0 saturated carbocycles. The first-order valence-corrected chi connectivity index (χ1v) is 10.9. The first-order chi connectivity index (χ1) is 16.3. The van der Waals surface area contributed by atoms with E-state index in [1.807, 2.05) is 48.5 Å². The molecule has 1 atom stereocenters. The van der Waals surface area contributed by atoms with Crippen molar-refractivity contribution in [1.82, 2.24) is 10.2 Å². The third kappa shape index (κ3) is 5.39. The number of fused-ring (bicyclic) bond motifs is 1. The summed E-state index contributed by atoms with van der Waals surface area (Å²) in [6.45, 7) is -0.0378. The molecule has 4 rings (SSSR count). The topological polar surface area (TPSA) is 58.6 Å². The van der Waals surface area contributed by atoms with E-state index in [4.69, 9.17) is 4.74 Å². The van der Waals surface area contributed by atoms with Crippen molar-refractivity contribution in [2.24, 2.45) is 0 Å². The molecule has 3 aromatic rings. The number of rotatable bonds is 8. The lowest BCUT2D eigenvalue weighted by atomic mass is 10.0. The summed E-state index contributed by atoms with van der Waals surface area (Å²) in [5.74, 6) is 0.342. The Kier molecular flexibility index (Phi) is 6.86. The van der Waals surface area contributed by atoms with Gasteiger partial charge in [-0.1, -0.05) is 54.6 Å². The van der Waals surface area contributed by atoms with Gasteiger partial charge in [0.2, 0.25) is 5.91 Å². The molecule has 0 radical (unpaired) electrons. The van der Waals surface area contributed by atoms with Crippen molar-refractivity contribution in [3.63, 3.8) is 0 Å². The smallest absolute Gasteiger partial charge is 0.389 e. The molecule has 34 heavy (non-hydrogen) atoms. The van der Waals surface area contributed by atoms with Gasteiger partial charge in [0.15, 0.2) is 0 Å². The van der Waals surface area contributed by atoms with E-state index < -0.39 is 24.5 Å². The van der Waals surface area contributed by atoms with Crippen molar-refractivity contribution < 1.29 is 27.5 Å². The van der Waals surface area contributed by atoms with Gasteiger partial charge in [-0.15, -0.1) is 0 Å². The minimum atomic E-state index is -4.28. The van der Waals surface area contributed by atoms with Gasteiger partial charge in [-0.2, -0.15) is 13.2 Å². The Labute approximate surface area is 195 Å². The summed E-state index contributed by atoms with van der Waals surface area (Å²) in [7, 11) is 0. The lowest BCUT2D eigenvalue weighted by Crippen LogP contribution is -2.39. The number of nitrogens with zero attached hydrogens (tertiary/aromatic N) is 1. The van der Waals surface area contributed by atoms with Gasteiger partial charge in [0.1, 0.15) is 17.5 Å². The van der Waals surface area contributed by atoms with Crippen LogP contribution in [0.3, 0.4) is 0 Å². The molecule has 8 heteroatoms. The van der Waals surface area contributed by atoms with Crippen molar-refractivity contribution in [1.29, 1.82) is 0 Å². The van der Waals surface area contributed by atoms with Crippen LogP contribution in [0, 0.1) is 0 Å². The highest BCUT2D eigenvalue weighted by Gasteiger charge is 2.41. The van der Waals surface area contributed by atoms with Crippen LogP contribution in [0.4, 0.5) is 13.2 Å². The van der Waals surface area contributed by atoms with Crippen LogP contribution in [0.25, 0.3) is 0 Å². The summed E-state index contributed by atoms with van der Waals surface area (Å²) < 4.78 is 43.3. The average Bonchev–Trinajstić information content (AvgIpc) is 3.10. The largest absolute Gasteiger partial charge is 0.457 e. The highest BCUT2D eigenvalue weighted by Crippen LogP contribution is 2.37. The number of benzene rings is 3. The molecule has 5 nitrogen and oxygen atoms in total. The van der Waals surface area contributed by atoms with Gasteiger partial charge in [-0.05, 0) is 36.2 Å². The standard InChI is InChI=1S/C26H23F3N2O3/c27-26(28,29)15-8-16-30-24(32)23-20-12-5-6-13-21(20)25(33)31(23)17-18-9-4-7-14-22(18)34-19-10-2-1-3-11-19/h1-7,9-14,23H,8,15-17H2,(H,30,32). The number of alkyl halides is 3. The fraction of sp³-hybridized carbons (Fsp3) is 0.231. The summed E-state index contributed by atoms with van der Waals surface area (Å²) in [6, 6.07) is 22.2. The van der Waals surface area contributed by atoms with E-state index in [0.29, 0.717) is 28.2 Å². The highest BCUT2D eigenvalue weighted by molar-refractivity contribution is 6.04. The van der Waals surface area contributed by atoms with E-state index in [0.717, 1.165) is 0 Å². The van der Waals surface area contributed by atoms with Gasteiger partial charge in [-0.3, -0.25) is 9.59 Å². The lowest BCUT2D eigenvalue weighted by molar-refractivity contribution is -0.136. The summed E-state index contributed by atoms with van der Waals surface area (Å²) in [4.78, 5) is 27.7. The Balaban J connectivity index is 1.56. The first kappa shape index (κ1) is 23.4. The summed E-state index contributed by atoms with van der Waals surface area (Å²) in [5.41, 5.74) is 1.63. The third-order valence-corrected chi connectivity index (χ3v) is 5.53. The number of carbonyl (C=O) groups is 2. The van der Waals surface area contributed by atoms with Crippen LogP contribution < -0.4 is 10.1 Å². The van der Waals surface area contributed by atoms with E-state index in [2.05, 4.69) is 5.32 Å². The molecule has 1 N–H and O–H groups in total. The molecule has 1 heterocycles. The van der Waals surface area contributed by atoms with Gasteiger partial charge in [0.05, 0.1) is 6.54 Å². The second-order valence-electron chi connectivity index (χ2n) is 7.96. The van der Waals surface area contributed by atoms with Crippen molar-refractivity contribution in [2.45, 2.75) is 31.6 Å². The maximum atomic E-state index is 13.2. The van der Waals surface area contributed by atoms with Crippen LogP contribution >= 0.6 is 0 Å². The molecule has 0 saturated heterocycles. The Morgan fingerprint density at radius 1 is 0.941 bits per heavy atom. The molecular formula is C26H23F3N2O3. The van der Waals surface area contributed by atoms with E-state index in [1.54, 1.807) is 30.3 Å². The predicted octanol–water partition coefficient (Wildman–Crippen LogP) is 5.63. The number of ether oxygens (including phenoxy) is 1. The predicted molar refractivity (Wildman–Crippen MR) is 120 cm³/mol. The summed E-state index contributed by atoms with van der Waals surface area (Å²) >= 11 is 0.